The van der Waals surface area contributed by atoms with Gasteiger partial charge in [-0.15, -0.1) is 0 Å². The molecule has 1 heterocycles. The van der Waals surface area contributed by atoms with Crippen LogP contribution in [0.4, 0.5) is 10.1 Å². The van der Waals surface area contributed by atoms with Gasteiger partial charge in [-0.25, -0.2) is 4.39 Å². The van der Waals surface area contributed by atoms with Crippen molar-refractivity contribution in [3.63, 3.8) is 0 Å². The van der Waals surface area contributed by atoms with Crippen LogP contribution in [0.3, 0.4) is 0 Å². The molecule has 0 unspecified atom stereocenters. The monoisotopic (exact) mass is 325 g/mol. The number of carbonyl (C=O) groups excluding carboxylic acids is 1. The van der Waals surface area contributed by atoms with E-state index < -0.39 is 5.82 Å². The van der Waals surface area contributed by atoms with Crippen molar-refractivity contribution in [1.82, 2.24) is 9.78 Å². The van der Waals surface area contributed by atoms with E-state index >= 15 is 0 Å². The standard InChI is InChI=1S/C13H13BrFN3O/c1-7-4-5-9(15)6-10(7)16-13(19)12-11(14)8(2)18(3)17-12/h4-6H,1-3H3,(H,16,19). The number of carbonyl (C=O) groups is 1. The number of aromatic nitrogens is 2. The van der Waals surface area contributed by atoms with E-state index in [1.807, 2.05) is 6.92 Å². The molecule has 0 aliphatic heterocycles. The quantitative estimate of drug-likeness (QED) is 0.921. The number of halogens is 2. The number of amides is 1. The zero-order valence-corrected chi connectivity index (χ0v) is 12.4. The summed E-state index contributed by atoms with van der Waals surface area (Å²) in [6.07, 6.45) is 0. The lowest BCUT2D eigenvalue weighted by Crippen LogP contribution is -2.14. The largest absolute Gasteiger partial charge is 0.320 e. The summed E-state index contributed by atoms with van der Waals surface area (Å²) >= 11 is 3.33. The van der Waals surface area contributed by atoms with Crippen molar-refractivity contribution in [2.75, 3.05) is 5.32 Å². The van der Waals surface area contributed by atoms with E-state index in [0.717, 1.165) is 11.3 Å². The van der Waals surface area contributed by atoms with Gasteiger partial charge >= 0.3 is 0 Å². The Bertz CT molecular complexity index is 652. The Morgan fingerprint density at radius 1 is 1.42 bits per heavy atom. The maximum atomic E-state index is 13.2. The molecule has 2 rings (SSSR count). The molecule has 0 fully saturated rings. The van der Waals surface area contributed by atoms with Crippen LogP contribution in [-0.4, -0.2) is 15.7 Å². The minimum absolute atomic E-state index is 0.281. The average molecular weight is 326 g/mol. The first-order valence-electron chi connectivity index (χ1n) is 5.66. The van der Waals surface area contributed by atoms with Crippen LogP contribution < -0.4 is 5.32 Å². The Morgan fingerprint density at radius 3 is 2.68 bits per heavy atom. The number of nitrogens with zero attached hydrogens (tertiary/aromatic N) is 2. The number of aryl methyl sites for hydroxylation is 2. The molecule has 0 saturated carbocycles. The molecular weight excluding hydrogens is 313 g/mol. The smallest absolute Gasteiger partial charge is 0.277 e. The van der Waals surface area contributed by atoms with Crippen molar-refractivity contribution >= 4 is 27.5 Å². The summed E-state index contributed by atoms with van der Waals surface area (Å²) in [7, 11) is 1.75. The van der Waals surface area contributed by atoms with Gasteiger partial charge in [0.2, 0.25) is 0 Å². The molecule has 100 valence electrons. The molecule has 0 radical (unpaired) electrons. The Hall–Kier alpha value is -1.69. The van der Waals surface area contributed by atoms with Crippen molar-refractivity contribution in [2.24, 2.45) is 7.05 Å². The van der Waals surface area contributed by atoms with Gasteiger partial charge in [-0.2, -0.15) is 5.10 Å². The van der Waals surface area contributed by atoms with Gasteiger partial charge in [-0.05, 0) is 47.5 Å². The van der Waals surface area contributed by atoms with Crippen molar-refractivity contribution in [3.05, 3.63) is 45.4 Å². The molecule has 6 heteroatoms. The highest BCUT2D eigenvalue weighted by atomic mass is 79.9. The maximum absolute atomic E-state index is 13.2. The third-order valence-electron chi connectivity index (χ3n) is 2.92. The zero-order chi connectivity index (χ0) is 14.2. The molecule has 0 spiro atoms. The fraction of sp³-hybridized carbons (Fsp3) is 0.231. The minimum Gasteiger partial charge on any atom is -0.320 e. The van der Waals surface area contributed by atoms with Crippen molar-refractivity contribution < 1.29 is 9.18 Å². The van der Waals surface area contributed by atoms with Gasteiger partial charge < -0.3 is 5.32 Å². The second-order valence-electron chi connectivity index (χ2n) is 4.28. The van der Waals surface area contributed by atoms with Crippen molar-refractivity contribution in [3.8, 4) is 0 Å². The fourth-order valence-corrected chi connectivity index (χ4v) is 2.15. The van der Waals surface area contributed by atoms with E-state index in [2.05, 4.69) is 26.3 Å². The van der Waals surface area contributed by atoms with Gasteiger partial charge in [-0.3, -0.25) is 9.48 Å². The predicted octanol–water partition coefficient (Wildman–Crippen LogP) is 3.19. The molecule has 0 aliphatic rings. The molecule has 0 aliphatic carbocycles. The summed E-state index contributed by atoms with van der Waals surface area (Å²) in [5.41, 5.74) is 2.36. The van der Waals surface area contributed by atoms with E-state index in [9.17, 15) is 9.18 Å². The van der Waals surface area contributed by atoms with Gasteiger partial charge in [0.15, 0.2) is 5.69 Å². The topological polar surface area (TPSA) is 46.9 Å². The van der Waals surface area contributed by atoms with Crippen LogP contribution in [0.15, 0.2) is 22.7 Å². The van der Waals surface area contributed by atoms with E-state index in [1.54, 1.807) is 24.7 Å². The SMILES string of the molecule is Cc1ccc(F)cc1NC(=O)c1nn(C)c(C)c1Br. The summed E-state index contributed by atoms with van der Waals surface area (Å²) in [6.45, 7) is 3.65. The summed E-state index contributed by atoms with van der Waals surface area (Å²) in [5, 5.41) is 6.79. The summed E-state index contributed by atoms with van der Waals surface area (Å²) in [5.74, 6) is -0.763. The zero-order valence-electron chi connectivity index (χ0n) is 10.8. The summed E-state index contributed by atoms with van der Waals surface area (Å²) < 4.78 is 15.4. The average Bonchev–Trinajstić information content (AvgIpc) is 2.62. The number of hydrogen-bond donors (Lipinski definition) is 1. The van der Waals surface area contributed by atoms with E-state index in [-0.39, 0.29) is 11.6 Å². The Balaban J connectivity index is 2.30. The second-order valence-corrected chi connectivity index (χ2v) is 5.08. The molecule has 1 aromatic heterocycles. The van der Waals surface area contributed by atoms with E-state index in [1.165, 1.54) is 12.1 Å². The predicted molar refractivity (Wildman–Crippen MR) is 74.7 cm³/mol. The molecule has 0 saturated heterocycles. The highest BCUT2D eigenvalue weighted by Gasteiger charge is 2.18. The van der Waals surface area contributed by atoms with Crippen LogP contribution in [0, 0.1) is 19.7 Å². The van der Waals surface area contributed by atoms with Crippen molar-refractivity contribution in [2.45, 2.75) is 13.8 Å². The summed E-state index contributed by atoms with van der Waals surface area (Å²) in [4.78, 5) is 12.1. The number of anilines is 1. The van der Waals surface area contributed by atoms with Crippen LogP contribution >= 0.6 is 15.9 Å². The third kappa shape index (κ3) is 2.68. The third-order valence-corrected chi connectivity index (χ3v) is 3.87. The van der Waals surface area contributed by atoms with Crippen LogP contribution in [-0.2, 0) is 7.05 Å². The molecule has 19 heavy (non-hydrogen) atoms. The van der Waals surface area contributed by atoms with Gasteiger partial charge in [0.25, 0.3) is 5.91 Å². The number of benzene rings is 1. The molecule has 0 atom stereocenters. The minimum atomic E-state index is -0.392. The number of hydrogen-bond acceptors (Lipinski definition) is 2. The lowest BCUT2D eigenvalue weighted by atomic mass is 10.2. The number of rotatable bonds is 2. The Morgan fingerprint density at radius 2 is 2.11 bits per heavy atom. The highest BCUT2D eigenvalue weighted by molar-refractivity contribution is 9.10. The number of nitrogens with one attached hydrogen (secondary N) is 1. The molecule has 2 aromatic rings. The molecule has 1 N–H and O–H groups in total. The second kappa shape index (κ2) is 5.13. The first kappa shape index (κ1) is 13.7. The molecule has 4 nitrogen and oxygen atoms in total. The Kier molecular flexibility index (Phi) is 3.71. The van der Waals surface area contributed by atoms with Crippen LogP contribution in [0.5, 0.6) is 0 Å². The van der Waals surface area contributed by atoms with Gasteiger partial charge in [0.1, 0.15) is 5.82 Å². The van der Waals surface area contributed by atoms with Gasteiger partial charge in [0, 0.05) is 12.7 Å². The van der Waals surface area contributed by atoms with Crippen LogP contribution in [0.1, 0.15) is 21.7 Å². The fourth-order valence-electron chi connectivity index (χ4n) is 1.64. The van der Waals surface area contributed by atoms with Gasteiger partial charge in [0.05, 0.1) is 10.2 Å². The Labute approximate surface area is 118 Å². The normalized spacial score (nSPS) is 10.6. The molecule has 0 bridgehead atoms. The van der Waals surface area contributed by atoms with Crippen molar-refractivity contribution in [1.29, 1.82) is 0 Å². The van der Waals surface area contributed by atoms with E-state index in [0.29, 0.717) is 10.2 Å². The van der Waals surface area contributed by atoms with Gasteiger partial charge in [-0.1, -0.05) is 6.07 Å². The lowest BCUT2D eigenvalue weighted by molar-refractivity contribution is 0.102. The molecule has 1 aromatic carbocycles. The van der Waals surface area contributed by atoms with Crippen LogP contribution in [0.2, 0.25) is 0 Å². The maximum Gasteiger partial charge on any atom is 0.277 e. The lowest BCUT2D eigenvalue weighted by Gasteiger charge is -2.07. The first-order chi connectivity index (χ1) is 8.90. The molecule has 1 amide bonds. The van der Waals surface area contributed by atoms with E-state index in [4.69, 9.17) is 0 Å². The highest BCUT2D eigenvalue weighted by Crippen LogP contribution is 2.22. The van der Waals surface area contributed by atoms with Crippen LogP contribution in [0.25, 0.3) is 0 Å². The summed E-state index contributed by atoms with van der Waals surface area (Å²) in [6, 6.07) is 4.26. The first-order valence-corrected chi connectivity index (χ1v) is 6.46. The molecular formula is C13H13BrFN3O.